The molecule has 1 saturated heterocycles. The molecule has 2 unspecified atom stereocenters. The first-order valence-corrected chi connectivity index (χ1v) is 9.61. The summed E-state index contributed by atoms with van der Waals surface area (Å²) in [7, 11) is 0. The number of benzene rings is 1. The van der Waals surface area contributed by atoms with Gasteiger partial charge in [0.25, 0.3) is 0 Å². The van der Waals surface area contributed by atoms with Crippen LogP contribution in [0.5, 0.6) is 0 Å². The van der Waals surface area contributed by atoms with E-state index in [1.54, 1.807) is 11.0 Å². The number of nitrogens with zero attached hydrogens (tertiary/aromatic N) is 1. The van der Waals surface area contributed by atoms with E-state index in [0.717, 1.165) is 38.0 Å². The Hall–Kier alpha value is -0.970. The molecule has 1 fully saturated rings. The molecule has 1 heterocycles. The van der Waals surface area contributed by atoms with Gasteiger partial charge in [0.2, 0.25) is 0 Å². The quantitative estimate of drug-likeness (QED) is 0.746. The van der Waals surface area contributed by atoms with E-state index in [4.69, 9.17) is 27.9 Å². The maximum Gasteiger partial charge on any atom is 0.410 e. The summed E-state index contributed by atoms with van der Waals surface area (Å²) in [6.45, 7) is 10.1. The lowest BCUT2D eigenvalue weighted by molar-refractivity contribution is 0.0288. The fraction of sp³-hybridized carbons (Fsp3) is 0.632. The van der Waals surface area contributed by atoms with Gasteiger partial charge in [-0.1, -0.05) is 36.2 Å². The second kappa shape index (κ2) is 8.61. The van der Waals surface area contributed by atoms with Crippen LogP contribution in [0.2, 0.25) is 10.0 Å². The van der Waals surface area contributed by atoms with Gasteiger partial charge in [0, 0.05) is 35.7 Å². The molecule has 6 heteroatoms. The second-order valence-corrected chi connectivity index (χ2v) is 8.46. The summed E-state index contributed by atoms with van der Waals surface area (Å²) in [5, 5.41) is 4.92. The van der Waals surface area contributed by atoms with Crippen molar-refractivity contribution in [1.82, 2.24) is 10.2 Å². The molecule has 1 aliphatic rings. The summed E-state index contributed by atoms with van der Waals surface area (Å²) in [5.41, 5.74) is 0.613. The number of rotatable bonds is 5. The maximum atomic E-state index is 12.2. The molecule has 0 bridgehead atoms. The number of carbonyl (C=O) groups excluding carboxylic acids is 1. The number of likely N-dealkylation sites (tertiary alicyclic amines) is 1. The maximum absolute atomic E-state index is 12.2. The first-order valence-electron chi connectivity index (χ1n) is 8.86. The molecule has 0 aliphatic carbocycles. The first-order chi connectivity index (χ1) is 11.7. The molecular weight excluding hydrogens is 359 g/mol. The molecule has 0 spiro atoms. The number of ether oxygens (including phenoxy) is 1. The first kappa shape index (κ1) is 20.3. The van der Waals surface area contributed by atoms with Gasteiger partial charge < -0.3 is 15.0 Å². The third-order valence-corrected chi connectivity index (χ3v) is 4.90. The van der Waals surface area contributed by atoms with Gasteiger partial charge in [0.1, 0.15) is 5.60 Å². The second-order valence-electron chi connectivity index (χ2n) is 7.62. The van der Waals surface area contributed by atoms with Crippen LogP contribution in [-0.2, 0) is 4.74 Å². The minimum atomic E-state index is -0.452. The summed E-state index contributed by atoms with van der Waals surface area (Å²) in [5.74, 6) is 0.424. The molecule has 1 amide bonds. The number of hydrogen-bond acceptors (Lipinski definition) is 3. The Bertz CT molecular complexity index is 602. The number of halogens is 2. The van der Waals surface area contributed by atoms with Crippen LogP contribution < -0.4 is 5.32 Å². The van der Waals surface area contributed by atoms with Crippen molar-refractivity contribution in [1.29, 1.82) is 0 Å². The molecule has 1 aromatic carbocycles. The minimum absolute atomic E-state index is 0.181. The van der Waals surface area contributed by atoms with Gasteiger partial charge in [0.05, 0.1) is 0 Å². The van der Waals surface area contributed by atoms with Crippen molar-refractivity contribution in [2.45, 2.75) is 52.2 Å². The lowest BCUT2D eigenvalue weighted by atomic mass is 10.0. The van der Waals surface area contributed by atoms with Crippen LogP contribution in [-0.4, -0.2) is 36.2 Å². The predicted molar refractivity (Wildman–Crippen MR) is 103 cm³/mol. The summed E-state index contributed by atoms with van der Waals surface area (Å²) >= 11 is 12.3. The Morgan fingerprint density at radius 1 is 1.40 bits per heavy atom. The Balaban J connectivity index is 1.87. The third-order valence-electron chi connectivity index (χ3n) is 4.34. The van der Waals surface area contributed by atoms with E-state index in [1.165, 1.54) is 0 Å². The SMILES string of the molecule is CCC(NCC1CCN(C(=O)OC(C)(C)C)C1)c1ccc(Cl)cc1Cl. The van der Waals surface area contributed by atoms with Crippen LogP contribution in [0.3, 0.4) is 0 Å². The number of nitrogens with one attached hydrogen (secondary N) is 1. The monoisotopic (exact) mass is 386 g/mol. The van der Waals surface area contributed by atoms with Crippen molar-refractivity contribution >= 4 is 29.3 Å². The van der Waals surface area contributed by atoms with Crippen LogP contribution in [0, 0.1) is 5.92 Å². The Morgan fingerprint density at radius 2 is 2.12 bits per heavy atom. The standard InChI is InChI=1S/C19H28Cl2N2O2/c1-5-17(15-7-6-14(20)10-16(15)21)22-11-13-8-9-23(12-13)18(24)25-19(2,3)4/h6-7,10,13,17,22H,5,8-9,11-12H2,1-4H3. The summed E-state index contributed by atoms with van der Waals surface area (Å²) < 4.78 is 5.45. The van der Waals surface area contributed by atoms with Crippen molar-refractivity contribution in [3.05, 3.63) is 33.8 Å². The normalized spacial score (nSPS) is 19.1. The Labute approximate surface area is 160 Å². The van der Waals surface area contributed by atoms with E-state index in [0.29, 0.717) is 16.0 Å². The molecule has 1 N–H and O–H groups in total. The van der Waals surface area contributed by atoms with Crippen molar-refractivity contribution < 1.29 is 9.53 Å². The summed E-state index contributed by atoms with van der Waals surface area (Å²) in [4.78, 5) is 14.0. The van der Waals surface area contributed by atoms with E-state index >= 15 is 0 Å². The molecule has 0 aromatic heterocycles. The lowest BCUT2D eigenvalue weighted by Gasteiger charge is -2.25. The fourth-order valence-electron chi connectivity index (χ4n) is 3.06. The molecule has 0 saturated carbocycles. The van der Waals surface area contributed by atoms with E-state index in [2.05, 4.69) is 12.2 Å². The van der Waals surface area contributed by atoms with Crippen molar-refractivity contribution in [3.8, 4) is 0 Å². The van der Waals surface area contributed by atoms with Crippen LogP contribution in [0.1, 0.15) is 52.1 Å². The molecule has 140 valence electrons. The van der Waals surface area contributed by atoms with Crippen LogP contribution in [0.25, 0.3) is 0 Å². The van der Waals surface area contributed by atoms with Gasteiger partial charge in [-0.15, -0.1) is 0 Å². The number of carbonyl (C=O) groups is 1. The number of hydrogen-bond donors (Lipinski definition) is 1. The van der Waals surface area contributed by atoms with E-state index in [1.807, 2.05) is 32.9 Å². The molecule has 2 atom stereocenters. The molecule has 0 radical (unpaired) electrons. The molecule has 4 nitrogen and oxygen atoms in total. The van der Waals surface area contributed by atoms with Gasteiger partial charge >= 0.3 is 6.09 Å². The highest BCUT2D eigenvalue weighted by Crippen LogP contribution is 2.28. The Kier molecular flexibility index (Phi) is 7.01. The molecule has 1 aromatic rings. The predicted octanol–water partition coefficient (Wildman–Crippen LogP) is 5.29. The lowest BCUT2D eigenvalue weighted by Crippen LogP contribution is -2.36. The number of amides is 1. The minimum Gasteiger partial charge on any atom is -0.444 e. The van der Waals surface area contributed by atoms with E-state index in [9.17, 15) is 4.79 Å². The van der Waals surface area contributed by atoms with Gasteiger partial charge in [0.15, 0.2) is 0 Å². The smallest absolute Gasteiger partial charge is 0.410 e. The molecule has 1 aliphatic heterocycles. The highest BCUT2D eigenvalue weighted by Gasteiger charge is 2.30. The molecular formula is C19H28Cl2N2O2. The van der Waals surface area contributed by atoms with E-state index in [-0.39, 0.29) is 12.1 Å². The average Bonchev–Trinajstić information content (AvgIpc) is 2.97. The van der Waals surface area contributed by atoms with Gasteiger partial charge in [-0.2, -0.15) is 0 Å². The topological polar surface area (TPSA) is 41.6 Å². The highest BCUT2D eigenvalue weighted by molar-refractivity contribution is 6.35. The summed E-state index contributed by atoms with van der Waals surface area (Å²) in [6.07, 6.45) is 1.70. The van der Waals surface area contributed by atoms with Crippen LogP contribution in [0.4, 0.5) is 4.79 Å². The fourth-order valence-corrected chi connectivity index (χ4v) is 3.60. The molecule has 25 heavy (non-hydrogen) atoms. The third kappa shape index (κ3) is 6.05. The zero-order chi connectivity index (χ0) is 18.6. The molecule has 2 rings (SSSR count). The largest absolute Gasteiger partial charge is 0.444 e. The highest BCUT2D eigenvalue weighted by atomic mass is 35.5. The van der Waals surface area contributed by atoms with Crippen LogP contribution in [0.15, 0.2) is 18.2 Å². The zero-order valence-electron chi connectivity index (χ0n) is 15.4. The van der Waals surface area contributed by atoms with Crippen molar-refractivity contribution in [2.75, 3.05) is 19.6 Å². The average molecular weight is 387 g/mol. The van der Waals surface area contributed by atoms with Gasteiger partial charge in [-0.05, 0) is 57.2 Å². The van der Waals surface area contributed by atoms with Crippen LogP contribution >= 0.6 is 23.2 Å². The van der Waals surface area contributed by atoms with Crippen molar-refractivity contribution in [2.24, 2.45) is 5.92 Å². The van der Waals surface area contributed by atoms with E-state index < -0.39 is 5.60 Å². The van der Waals surface area contributed by atoms with Crippen molar-refractivity contribution in [3.63, 3.8) is 0 Å². The summed E-state index contributed by atoms with van der Waals surface area (Å²) in [6, 6.07) is 5.81. The Morgan fingerprint density at radius 3 is 2.72 bits per heavy atom. The zero-order valence-corrected chi connectivity index (χ0v) is 17.0. The van der Waals surface area contributed by atoms with Gasteiger partial charge in [-0.3, -0.25) is 0 Å². The van der Waals surface area contributed by atoms with Gasteiger partial charge in [-0.25, -0.2) is 4.79 Å².